The van der Waals surface area contributed by atoms with Crippen molar-refractivity contribution in [2.45, 2.75) is 63.7 Å². The number of nitriles is 1. The summed E-state index contributed by atoms with van der Waals surface area (Å²) in [7, 11) is 0. The number of alkyl halides is 3. The summed E-state index contributed by atoms with van der Waals surface area (Å²) >= 11 is 12.2. The minimum Gasteiger partial charge on any atom is -0.492 e. The zero-order chi connectivity index (χ0) is 40.4. The number of halogens is 4. The van der Waals surface area contributed by atoms with Gasteiger partial charge in [0.05, 0.1) is 35.6 Å². The second-order valence-corrected chi connectivity index (χ2v) is 15.0. The van der Waals surface area contributed by atoms with E-state index < -0.39 is 34.9 Å². The summed E-state index contributed by atoms with van der Waals surface area (Å²) in [4.78, 5) is 58.1. The van der Waals surface area contributed by atoms with Crippen molar-refractivity contribution in [3.8, 4) is 11.8 Å². The molecule has 3 aliphatic rings. The Labute approximate surface area is 331 Å². The topological polar surface area (TPSA) is 160 Å². The summed E-state index contributed by atoms with van der Waals surface area (Å²) in [5.74, 6) is -0.611. The minimum atomic E-state index is -4.87. The van der Waals surface area contributed by atoms with Crippen molar-refractivity contribution >= 4 is 75.3 Å². The second-order valence-electron chi connectivity index (χ2n) is 14.3. The first-order chi connectivity index (χ1) is 26.5. The number of likely N-dealkylation sites (tertiary alicyclic amines) is 1. The number of carbonyl (C=O) groups excluding carboxylic acids is 4. The van der Waals surface area contributed by atoms with Crippen molar-refractivity contribution in [2.75, 3.05) is 46.7 Å². The highest BCUT2D eigenvalue weighted by Gasteiger charge is 2.51. The van der Waals surface area contributed by atoms with Gasteiger partial charge in [-0.15, -0.1) is 0 Å². The van der Waals surface area contributed by atoms with Gasteiger partial charge in [0.2, 0.25) is 17.7 Å². The molecule has 3 fully saturated rings. The number of imide groups is 1. The fourth-order valence-corrected chi connectivity index (χ4v) is 7.73. The molecule has 0 saturated carbocycles. The molecule has 3 saturated heterocycles. The Kier molecular flexibility index (Phi) is 11.8. The molecule has 13 nitrogen and oxygen atoms in total. The van der Waals surface area contributed by atoms with Gasteiger partial charge >= 0.3 is 6.18 Å². The Morgan fingerprint density at radius 1 is 1.09 bits per heavy atom. The summed E-state index contributed by atoms with van der Waals surface area (Å²) < 4.78 is 47.0. The van der Waals surface area contributed by atoms with Crippen LogP contribution in [0.2, 0.25) is 5.02 Å². The number of hydrogen-bond acceptors (Lipinski definition) is 10. The first-order valence-electron chi connectivity index (χ1n) is 17.9. The van der Waals surface area contributed by atoms with Gasteiger partial charge in [0.25, 0.3) is 5.91 Å². The molecule has 0 aliphatic carbocycles. The summed E-state index contributed by atoms with van der Waals surface area (Å²) in [6.07, 6.45) is -0.693. The molecular formula is C38H38ClF3N8O5S. The Morgan fingerprint density at radius 2 is 1.82 bits per heavy atom. The van der Waals surface area contributed by atoms with E-state index in [0.717, 1.165) is 43.4 Å². The van der Waals surface area contributed by atoms with E-state index in [4.69, 9.17) is 33.8 Å². The minimum absolute atomic E-state index is 0.0817. The molecule has 4 heterocycles. The molecule has 18 heteroatoms. The number of piperidine rings is 2. The van der Waals surface area contributed by atoms with Crippen molar-refractivity contribution in [3.63, 3.8) is 0 Å². The maximum absolute atomic E-state index is 13.7. The van der Waals surface area contributed by atoms with E-state index in [1.165, 1.54) is 11.0 Å². The maximum Gasteiger partial charge on any atom is 0.419 e. The van der Waals surface area contributed by atoms with Crippen LogP contribution in [0.15, 0.2) is 54.7 Å². The molecule has 0 bridgehead atoms. The van der Waals surface area contributed by atoms with Crippen LogP contribution in [0, 0.1) is 17.2 Å². The third-order valence-corrected chi connectivity index (χ3v) is 10.6. The Bertz CT molecular complexity index is 2100. The van der Waals surface area contributed by atoms with E-state index in [1.807, 2.05) is 0 Å². The lowest BCUT2D eigenvalue weighted by Crippen LogP contribution is -2.47. The van der Waals surface area contributed by atoms with Gasteiger partial charge in [-0.05, 0) is 113 Å². The van der Waals surface area contributed by atoms with Gasteiger partial charge in [-0.1, -0.05) is 17.7 Å². The lowest BCUT2D eigenvalue weighted by molar-refractivity contribution is -0.138. The smallest absolute Gasteiger partial charge is 0.419 e. The number of benzene rings is 2. The van der Waals surface area contributed by atoms with Crippen molar-refractivity contribution in [2.24, 2.45) is 5.92 Å². The molecule has 4 amide bonds. The number of nitrogens with zero attached hydrogens (tertiary/aromatic N) is 5. The average molecular weight is 811 g/mol. The zero-order valence-electron chi connectivity index (χ0n) is 30.4. The number of thiocarbonyl (C=S) groups is 1. The molecule has 0 spiro atoms. The normalized spacial score (nSPS) is 19.1. The SMILES string of the molecule is CC1(C)C(=O)N(c2cnc(C#N)c(C(F)(F)F)c2)C(=S)N1c1ccc(OCCC2CCN(CC(=O)Nc3cccc(NC4CCC(=O)NC4=O)c3)CC2)c(Cl)c1. The monoisotopic (exact) mass is 810 g/mol. The first kappa shape index (κ1) is 40.4. The number of amides is 4. The fourth-order valence-electron chi connectivity index (χ4n) is 6.97. The Balaban J connectivity index is 0.976. The highest BCUT2D eigenvalue weighted by atomic mass is 35.5. The molecular weight excluding hydrogens is 773 g/mol. The molecule has 294 valence electrons. The number of nitrogens with one attached hydrogen (secondary N) is 3. The number of anilines is 4. The van der Waals surface area contributed by atoms with E-state index in [9.17, 15) is 32.3 Å². The molecule has 0 radical (unpaired) electrons. The third-order valence-electron chi connectivity index (χ3n) is 9.97. The van der Waals surface area contributed by atoms with Crippen LogP contribution in [0.3, 0.4) is 0 Å². The van der Waals surface area contributed by atoms with Gasteiger partial charge < -0.3 is 20.3 Å². The highest BCUT2D eigenvalue weighted by molar-refractivity contribution is 7.81. The number of ether oxygens (including phenoxy) is 1. The predicted octanol–water partition coefficient (Wildman–Crippen LogP) is 5.88. The standard InChI is InChI=1S/C38H38ClF3N8O5S/c1-37(2)35(54)49(26-17-27(38(40,41)42)30(19-43)44-20-26)36(56)50(37)25-6-8-31(28(39)18-25)55-15-12-22-10-13-48(14-11-22)21-33(52)46-24-5-3-4-23(16-24)45-29-7-9-32(51)47-34(29)53/h3-6,8,16-18,20,22,29,45H,7,9-15,21H2,1-2H3,(H,46,52)(H,47,51,53). The Hall–Kier alpha value is -5.31. The van der Waals surface area contributed by atoms with Crippen LogP contribution in [0.25, 0.3) is 0 Å². The van der Waals surface area contributed by atoms with Gasteiger partial charge in [0.1, 0.15) is 23.4 Å². The first-order valence-corrected chi connectivity index (χ1v) is 18.6. The van der Waals surface area contributed by atoms with Crippen LogP contribution < -0.4 is 30.5 Å². The molecule has 3 aliphatic heterocycles. The number of aromatic nitrogens is 1. The van der Waals surface area contributed by atoms with Crippen LogP contribution >= 0.6 is 23.8 Å². The van der Waals surface area contributed by atoms with Crippen LogP contribution in [-0.4, -0.2) is 76.4 Å². The summed E-state index contributed by atoms with van der Waals surface area (Å²) in [6, 6.07) is 13.6. The van der Waals surface area contributed by atoms with Gasteiger partial charge in [-0.3, -0.25) is 34.3 Å². The van der Waals surface area contributed by atoms with Crippen molar-refractivity contribution < 1.29 is 37.1 Å². The van der Waals surface area contributed by atoms with Crippen LogP contribution in [0.1, 0.15) is 57.2 Å². The largest absolute Gasteiger partial charge is 0.492 e. The summed E-state index contributed by atoms with van der Waals surface area (Å²) in [5, 5.41) is 17.7. The van der Waals surface area contributed by atoms with Crippen molar-refractivity contribution in [1.82, 2.24) is 15.2 Å². The summed E-state index contributed by atoms with van der Waals surface area (Å²) in [5.41, 5.74) is -1.92. The third kappa shape index (κ3) is 8.88. The van der Waals surface area contributed by atoms with Crippen molar-refractivity contribution in [1.29, 1.82) is 5.26 Å². The quantitative estimate of drug-likeness (QED) is 0.157. The maximum atomic E-state index is 13.7. The van der Waals surface area contributed by atoms with E-state index >= 15 is 0 Å². The molecule has 56 heavy (non-hydrogen) atoms. The fraction of sp³-hybridized carbons (Fsp3) is 0.395. The molecule has 3 aromatic rings. The van der Waals surface area contributed by atoms with E-state index in [-0.39, 0.29) is 46.5 Å². The molecule has 1 unspecified atom stereocenters. The molecule has 3 N–H and O–H groups in total. The lowest BCUT2D eigenvalue weighted by Gasteiger charge is -2.31. The molecule has 2 aromatic carbocycles. The zero-order valence-corrected chi connectivity index (χ0v) is 32.0. The van der Waals surface area contributed by atoms with Gasteiger partial charge in [0, 0.05) is 23.5 Å². The van der Waals surface area contributed by atoms with Gasteiger partial charge in [0.15, 0.2) is 10.8 Å². The van der Waals surface area contributed by atoms with E-state index in [0.29, 0.717) is 47.8 Å². The second kappa shape index (κ2) is 16.4. The van der Waals surface area contributed by atoms with Gasteiger partial charge in [-0.2, -0.15) is 18.4 Å². The molecule has 1 atom stereocenters. The molecule has 1 aromatic heterocycles. The van der Waals surface area contributed by atoms with Crippen LogP contribution in [0.5, 0.6) is 5.75 Å². The number of rotatable bonds is 11. The number of hydrogen-bond donors (Lipinski definition) is 3. The Morgan fingerprint density at radius 3 is 2.50 bits per heavy atom. The summed E-state index contributed by atoms with van der Waals surface area (Å²) in [6.45, 7) is 5.27. The van der Waals surface area contributed by atoms with Gasteiger partial charge in [-0.25, -0.2) is 4.98 Å². The number of pyridine rings is 1. The average Bonchev–Trinajstić information content (AvgIpc) is 3.32. The van der Waals surface area contributed by atoms with Crippen LogP contribution in [0.4, 0.5) is 35.9 Å². The predicted molar refractivity (Wildman–Crippen MR) is 206 cm³/mol. The van der Waals surface area contributed by atoms with E-state index in [2.05, 4.69) is 25.8 Å². The lowest BCUT2D eigenvalue weighted by atomic mass is 9.94. The number of carbonyl (C=O) groups is 4. The molecule has 6 rings (SSSR count). The highest BCUT2D eigenvalue weighted by Crippen LogP contribution is 2.41. The van der Waals surface area contributed by atoms with Crippen molar-refractivity contribution in [3.05, 3.63) is 71.0 Å². The van der Waals surface area contributed by atoms with E-state index in [1.54, 1.807) is 56.3 Å². The van der Waals surface area contributed by atoms with Crippen LogP contribution in [-0.2, 0) is 25.4 Å².